The molecule has 158 valence electrons. The normalized spacial score (nSPS) is 20.1. The largest absolute Gasteiger partial charge is 0.325 e. The maximum Gasteiger partial charge on any atom is 0.241 e. The van der Waals surface area contributed by atoms with Crippen LogP contribution in [0.4, 0.5) is 11.4 Å². The number of nitrogens with zero attached hydrogens (tertiary/aromatic N) is 1. The van der Waals surface area contributed by atoms with E-state index in [0.717, 1.165) is 50.3 Å². The molecule has 8 heteroatoms. The molecule has 2 amide bonds. The zero-order chi connectivity index (χ0) is 18.2. The van der Waals surface area contributed by atoms with Crippen molar-refractivity contribution in [1.29, 1.82) is 0 Å². The first-order valence-corrected chi connectivity index (χ1v) is 9.87. The van der Waals surface area contributed by atoms with Gasteiger partial charge in [-0.3, -0.25) is 14.5 Å². The Hall–Kier alpha value is -1.34. The van der Waals surface area contributed by atoms with Gasteiger partial charge in [-0.25, -0.2) is 0 Å². The Bertz CT molecular complexity index is 599. The van der Waals surface area contributed by atoms with E-state index >= 15 is 0 Å². The smallest absolute Gasteiger partial charge is 0.241 e. The average Bonchev–Trinajstić information content (AvgIpc) is 2.92. The number of benzene rings is 1. The van der Waals surface area contributed by atoms with Crippen LogP contribution in [-0.4, -0.2) is 48.9 Å². The van der Waals surface area contributed by atoms with E-state index in [9.17, 15) is 9.59 Å². The van der Waals surface area contributed by atoms with Crippen LogP contribution in [-0.2, 0) is 9.59 Å². The van der Waals surface area contributed by atoms with Crippen molar-refractivity contribution in [2.24, 2.45) is 0 Å². The van der Waals surface area contributed by atoms with E-state index in [1.807, 2.05) is 24.3 Å². The third-order valence-electron chi connectivity index (χ3n) is 5.13. The van der Waals surface area contributed by atoms with Gasteiger partial charge in [0, 0.05) is 11.4 Å². The summed E-state index contributed by atoms with van der Waals surface area (Å²) < 4.78 is 0. The molecule has 1 atom stereocenters. The summed E-state index contributed by atoms with van der Waals surface area (Å²) in [7, 11) is 0. The van der Waals surface area contributed by atoms with Crippen LogP contribution in [0.1, 0.15) is 44.9 Å². The number of carbonyl (C=O) groups excluding carboxylic acids is 2. The van der Waals surface area contributed by atoms with E-state index < -0.39 is 0 Å². The van der Waals surface area contributed by atoms with Gasteiger partial charge in [0.15, 0.2) is 0 Å². The fraction of sp³-hybridized carbons (Fsp3) is 0.600. The zero-order valence-electron chi connectivity index (χ0n) is 16.2. The lowest BCUT2D eigenvalue weighted by atomic mass is 10.0. The van der Waals surface area contributed by atoms with Crippen molar-refractivity contribution in [1.82, 2.24) is 10.2 Å². The summed E-state index contributed by atoms with van der Waals surface area (Å²) in [5.41, 5.74) is 1.52. The molecular weight excluding hydrogens is 399 g/mol. The molecule has 0 aromatic heterocycles. The molecule has 6 nitrogen and oxygen atoms in total. The highest BCUT2D eigenvalue weighted by Crippen LogP contribution is 2.16. The average molecular weight is 431 g/mol. The number of nitrogens with one attached hydrogen (secondary N) is 3. The summed E-state index contributed by atoms with van der Waals surface area (Å²) in [5, 5.41) is 9.14. The number of anilines is 2. The van der Waals surface area contributed by atoms with Gasteiger partial charge in [-0.2, -0.15) is 0 Å². The minimum atomic E-state index is -0.100. The number of rotatable bonds is 5. The van der Waals surface area contributed by atoms with Crippen molar-refractivity contribution < 1.29 is 9.59 Å². The first-order chi connectivity index (χ1) is 12.7. The van der Waals surface area contributed by atoms with E-state index in [2.05, 4.69) is 20.9 Å². The first-order valence-electron chi connectivity index (χ1n) is 9.87. The number of hydrogen-bond acceptors (Lipinski definition) is 4. The van der Waals surface area contributed by atoms with Gasteiger partial charge in [-0.1, -0.05) is 19.3 Å². The molecule has 28 heavy (non-hydrogen) atoms. The second-order valence-corrected chi connectivity index (χ2v) is 7.31. The Morgan fingerprint density at radius 3 is 2.07 bits per heavy atom. The minimum absolute atomic E-state index is 0. The fourth-order valence-electron chi connectivity index (χ4n) is 3.64. The number of likely N-dealkylation sites (tertiary alicyclic amines) is 1. The van der Waals surface area contributed by atoms with Crippen LogP contribution in [0.15, 0.2) is 24.3 Å². The molecule has 3 N–H and O–H groups in total. The lowest BCUT2D eigenvalue weighted by molar-refractivity contribution is -0.119. The lowest BCUT2D eigenvalue weighted by Gasteiger charge is -2.22. The van der Waals surface area contributed by atoms with Crippen LogP contribution in [0, 0.1) is 0 Å². The van der Waals surface area contributed by atoms with Gasteiger partial charge in [0.1, 0.15) is 0 Å². The molecular formula is C20H32Cl2N4O2. The number of piperidine rings is 1. The van der Waals surface area contributed by atoms with Gasteiger partial charge >= 0.3 is 0 Å². The van der Waals surface area contributed by atoms with E-state index in [1.165, 1.54) is 25.7 Å². The van der Waals surface area contributed by atoms with Crippen LogP contribution in [0.2, 0.25) is 0 Å². The maximum atomic E-state index is 12.2. The standard InChI is InChI=1S/C20H30N4O2.2ClH/c25-19(15-24-13-5-1-2-6-14-24)22-16-8-10-17(11-9-16)23-20(26)18-7-3-4-12-21-18;;/h8-11,18,21H,1-7,12-15H2,(H,22,25)(H,23,26);2*1H/t18-;;/m1../s1. The summed E-state index contributed by atoms with van der Waals surface area (Å²) in [4.78, 5) is 26.7. The SMILES string of the molecule is Cl.Cl.O=C(CN1CCCCCC1)Nc1ccc(NC(=O)[C@H]2CCCCN2)cc1. The van der Waals surface area contributed by atoms with Crippen LogP contribution in [0.5, 0.6) is 0 Å². The lowest BCUT2D eigenvalue weighted by Crippen LogP contribution is -2.43. The molecule has 1 aromatic rings. The van der Waals surface area contributed by atoms with Crippen molar-refractivity contribution in [3.63, 3.8) is 0 Å². The van der Waals surface area contributed by atoms with Gasteiger partial charge in [-0.05, 0) is 69.6 Å². The van der Waals surface area contributed by atoms with Crippen LogP contribution in [0.25, 0.3) is 0 Å². The quantitative estimate of drug-likeness (QED) is 0.668. The summed E-state index contributed by atoms with van der Waals surface area (Å²) >= 11 is 0. The van der Waals surface area contributed by atoms with Crippen LogP contribution >= 0.6 is 24.8 Å². The van der Waals surface area contributed by atoms with E-state index in [1.54, 1.807) is 0 Å². The molecule has 2 aliphatic rings. The molecule has 0 aliphatic carbocycles. The molecule has 0 bridgehead atoms. The number of hydrogen-bond donors (Lipinski definition) is 3. The van der Waals surface area contributed by atoms with Crippen molar-refractivity contribution in [3.8, 4) is 0 Å². The Morgan fingerprint density at radius 2 is 1.50 bits per heavy atom. The topological polar surface area (TPSA) is 73.5 Å². The highest BCUT2D eigenvalue weighted by Gasteiger charge is 2.20. The van der Waals surface area contributed by atoms with Crippen LogP contribution < -0.4 is 16.0 Å². The summed E-state index contributed by atoms with van der Waals surface area (Å²) in [5.74, 6) is 0.0396. The number of amides is 2. The maximum absolute atomic E-state index is 12.2. The van der Waals surface area contributed by atoms with Crippen molar-refractivity contribution in [2.75, 3.05) is 36.8 Å². The third-order valence-corrected chi connectivity index (χ3v) is 5.13. The number of carbonyl (C=O) groups is 2. The fourth-order valence-corrected chi connectivity index (χ4v) is 3.64. The van der Waals surface area contributed by atoms with Crippen molar-refractivity contribution in [3.05, 3.63) is 24.3 Å². The minimum Gasteiger partial charge on any atom is -0.325 e. The van der Waals surface area contributed by atoms with Gasteiger partial charge < -0.3 is 16.0 Å². The third kappa shape index (κ3) is 7.95. The molecule has 2 heterocycles. The molecule has 0 radical (unpaired) electrons. The molecule has 0 saturated carbocycles. The molecule has 2 aliphatic heterocycles. The van der Waals surface area contributed by atoms with E-state index in [0.29, 0.717) is 6.54 Å². The molecule has 2 fully saturated rings. The first kappa shape index (κ1) is 24.7. The summed E-state index contributed by atoms with van der Waals surface area (Å²) in [6.07, 6.45) is 8.00. The van der Waals surface area contributed by atoms with Gasteiger partial charge in [-0.15, -0.1) is 24.8 Å². The highest BCUT2D eigenvalue weighted by atomic mass is 35.5. The van der Waals surface area contributed by atoms with E-state index in [4.69, 9.17) is 0 Å². The van der Waals surface area contributed by atoms with Crippen molar-refractivity contribution >= 4 is 48.0 Å². The van der Waals surface area contributed by atoms with E-state index in [-0.39, 0.29) is 42.7 Å². The van der Waals surface area contributed by atoms with Gasteiger partial charge in [0.25, 0.3) is 0 Å². The Morgan fingerprint density at radius 1 is 0.893 bits per heavy atom. The summed E-state index contributed by atoms with van der Waals surface area (Å²) in [6.45, 7) is 3.37. The monoisotopic (exact) mass is 430 g/mol. The highest BCUT2D eigenvalue weighted by molar-refractivity contribution is 5.96. The molecule has 0 unspecified atom stereocenters. The van der Waals surface area contributed by atoms with Crippen LogP contribution in [0.3, 0.4) is 0 Å². The second-order valence-electron chi connectivity index (χ2n) is 7.31. The summed E-state index contributed by atoms with van der Waals surface area (Å²) in [6, 6.07) is 7.25. The van der Waals surface area contributed by atoms with Gasteiger partial charge in [0.2, 0.25) is 11.8 Å². The Kier molecular flexibility index (Phi) is 11.5. The molecule has 2 saturated heterocycles. The predicted octanol–water partition coefficient (Wildman–Crippen LogP) is 3.43. The predicted molar refractivity (Wildman–Crippen MR) is 119 cm³/mol. The molecule has 3 rings (SSSR count). The second kappa shape index (κ2) is 13.0. The number of halogens is 2. The van der Waals surface area contributed by atoms with Crippen molar-refractivity contribution in [2.45, 2.75) is 51.0 Å². The molecule has 0 spiro atoms. The Balaban J connectivity index is 0.00000196. The zero-order valence-corrected chi connectivity index (χ0v) is 17.9. The Labute approximate surface area is 180 Å². The van der Waals surface area contributed by atoms with Gasteiger partial charge in [0.05, 0.1) is 12.6 Å². The molecule has 1 aromatic carbocycles.